The number of nitrogens with two attached hydrogens (primary N) is 2. The molecule has 0 spiro atoms. The highest BCUT2D eigenvalue weighted by Gasteiger charge is 2.18. The second-order valence-electron chi connectivity index (χ2n) is 9.75. The van der Waals surface area contributed by atoms with Gasteiger partial charge in [0.05, 0.1) is 5.39 Å². The fraction of sp³-hybridized carbons (Fsp3) is 0.281. The molecule has 0 atom stereocenters. The number of hydrogen-bond donors (Lipinski definition) is 3. The van der Waals surface area contributed by atoms with Crippen molar-refractivity contribution in [3.05, 3.63) is 94.4 Å². The summed E-state index contributed by atoms with van der Waals surface area (Å²) < 4.78 is 3.31. The van der Waals surface area contributed by atoms with Crippen molar-refractivity contribution < 1.29 is 4.79 Å². The molecule has 8 nitrogen and oxygen atoms in total. The first-order chi connectivity index (χ1) is 19.3. The molecule has 0 bridgehead atoms. The monoisotopic (exact) mass is 536 g/mol. The molecule has 2 aromatic heterocycles. The lowest BCUT2D eigenvalue weighted by molar-refractivity contribution is 0.100. The van der Waals surface area contributed by atoms with Crippen LogP contribution in [0.15, 0.2) is 72.0 Å². The van der Waals surface area contributed by atoms with Gasteiger partial charge in [-0.15, -0.1) is 6.58 Å². The highest BCUT2D eigenvalue weighted by molar-refractivity contribution is 6.02. The molecule has 2 heterocycles. The van der Waals surface area contributed by atoms with Crippen LogP contribution in [-0.2, 0) is 13.5 Å². The van der Waals surface area contributed by atoms with Gasteiger partial charge in [-0.05, 0) is 48.9 Å². The smallest absolute Gasteiger partial charge is 0.264 e. The number of benzene rings is 2. The Balaban J connectivity index is 0.000000224. The molecule has 8 heteroatoms. The summed E-state index contributed by atoms with van der Waals surface area (Å²) in [5.74, 6) is 7.26. The number of rotatable bonds is 6. The molecule has 1 fully saturated rings. The van der Waals surface area contributed by atoms with Crippen molar-refractivity contribution >= 4 is 28.3 Å². The van der Waals surface area contributed by atoms with Crippen molar-refractivity contribution in [1.29, 1.82) is 0 Å². The van der Waals surface area contributed by atoms with Crippen molar-refractivity contribution in [2.45, 2.75) is 39.0 Å². The Morgan fingerprint density at radius 1 is 1.18 bits per heavy atom. The standard InChI is InChI=1S/C24H23NO.C8H13N5O/c1-2-21-17-20-12-8-11-19(16-15-18-9-6-7-10-18)23(20)24(26)25(21)22-13-4-3-5-14-22;1-3-4-11-8-5(7(10)14)6(9)12-13(8)2/h3-5,8,11-14,17-18H,2,6-7,9-10H2,1H3;3,11H,1,4H2,2H3,(H2,9,12)(H2,10,14). The lowest BCUT2D eigenvalue weighted by atomic mass is 10.0. The lowest BCUT2D eigenvalue weighted by Gasteiger charge is -2.14. The van der Waals surface area contributed by atoms with Crippen molar-refractivity contribution in [1.82, 2.24) is 14.3 Å². The Labute approximate surface area is 234 Å². The highest BCUT2D eigenvalue weighted by atomic mass is 16.1. The van der Waals surface area contributed by atoms with Gasteiger partial charge in [-0.3, -0.25) is 18.8 Å². The largest absolute Gasteiger partial charge is 0.381 e. The van der Waals surface area contributed by atoms with Crippen molar-refractivity contribution in [2.24, 2.45) is 18.7 Å². The van der Waals surface area contributed by atoms with Crippen LogP contribution < -0.4 is 22.3 Å². The number of fused-ring (bicyclic) bond motifs is 1. The molecule has 0 radical (unpaired) electrons. The number of carbonyl (C=O) groups excluding carboxylic acids is 1. The van der Waals surface area contributed by atoms with Crippen LogP contribution in [0.2, 0.25) is 0 Å². The summed E-state index contributed by atoms with van der Waals surface area (Å²) in [6, 6.07) is 18.0. The summed E-state index contributed by atoms with van der Waals surface area (Å²) in [5.41, 5.74) is 13.7. The van der Waals surface area contributed by atoms with E-state index < -0.39 is 5.91 Å². The van der Waals surface area contributed by atoms with Gasteiger partial charge >= 0.3 is 0 Å². The van der Waals surface area contributed by atoms with E-state index in [4.69, 9.17) is 11.5 Å². The third-order valence-corrected chi connectivity index (χ3v) is 7.00. The van der Waals surface area contributed by atoms with E-state index in [0.29, 0.717) is 18.3 Å². The predicted octanol–water partition coefficient (Wildman–Crippen LogP) is 4.79. The number of nitrogen functional groups attached to an aromatic ring is 1. The molecule has 4 aromatic rings. The van der Waals surface area contributed by atoms with Crippen molar-refractivity contribution in [3.8, 4) is 17.5 Å². The minimum atomic E-state index is -0.595. The van der Waals surface area contributed by atoms with Crippen LogP contribution in [0.25, 0.3) is 16.5 Å². The Bertz CT molecular complexity index is 1630. The number of primary amides is 1. The summed E-state index contributed by atoms with van der Waals surface area (Å²) in [4.78, 5) is 24.5. The Kier molecular flexibility index (Phi) is 9.07. The minimum Gasteiger partial charge on any atom is -0.381 e. The Hall–Kier alpha value is -4.77. The number of aromatic nitrogens is 3. The zero-order chi connectivity index (χ0) is 28.6. The number of para-hydroxylation sites is 1. The lowest BCUT2D eigenvalue weighted by Crippen LogP contribution is -2.22. The molecule has 0 aliphatic heterocycles. The van der Waals surface area contributed by atoms with Gasteiger partial charge in [-0.2, -0.15) is 5.10 Å². The summed E-state index contributed by atoms with van der Waals surface area (Å²) in [7, 11) is 1.67. The normalized spacial score (nSPS) is 12.8. The zero-order valence-electron chi connectivity index (χ0n) is 23.1. The number of aryl methyl sites for hydroxylation is 2. The highest BCUT2D eigenvalue weighted by Crippen LogP contribution is 2.25. The first-order valence-corrected chi connectivity index (χ1v) is 13.6. The fourth-order valence-corrected chi connectivity index (χ4v) is 5.05. The SMILES string of the molecule is C=CCNc1c(C(N)=O)c(N)nn1C.CCc1cc2cccc(C#CC3CCCC3)c2c(=O)n1-c1ccccc1. The number of pyridine rings is 1. The van der Waals surface area contributed by atoms with Crippen LogP contribution in [0.3, 0.4) is 0 Å². The molecular weight excluding hydrogens is 500 g/mol. The number of hydrogen-bond acceptors (Lipinski definition) is 5. The van der Waals surface area contributed by atoms with Crippen LogP contribution in [0.4, 0.5) is 11.6 Å². The van der Waals surface area contributed by atoms with Gasteiger partial charge in [-0.25, -0.2) is 0 Å². The zero-order valence-corrected chi connectivity index (χ0v) is 23.1. The maximum absolute atomic E-state index is 13.4. The predicted molar refractivity (Wildman–Crippen MR) is 163 cm³/mol. The number of amides is 1. The van der Waals surface area contributed by atoms with Gasteiger partial charge in [0, 0.05) is 36.5 Å². The van der Waals surface area contributed by atoms with Gasteiger partial charge in [0.15, 0.2) is 5.82 Å². The van der Waals surface area contributed by atoms with E-state index in [-0.39, 0.29) is 16.9 Å². The first-order valence-electron chi connectivity index (χ1n) is 13.6. The van der Waals surface area contributed by atoms with Crippen LogP contribution in [0.5, 0.6) is 0 Å². The summed E-state index contributed by atoms with van der Waals surface area (Å²) in [5, 5.41) is 8.54. The second kappa shape index (κ2) is 12.9. The van der Waals surface area contributed by atoms with E-state index in [9.17, 15) is 9.59 Å². The van der Waals surface area contributed by atoms with Crippen molar-refractivity contribution in [3.63, 3.8) is 0 Å². The molecule has 206 valence electrons. The maximum atomic E-state index is 13.4. The second-order valence-corrected chi connectivity index (χ2v) is 9.75. The van der Waals surface area contributed by atoms with Crippen LogP contribution in [-0.4, -0.2) is 26.8 Å². The van der Waals surface area contributed by atoms with E-state index >= 15 is 0 Å². The average molecular weight is 537 g/mol. The number of nitrogens with zero attached hydrogens (tertiary/aromatic N) is 3. The van der Waals surface area contributed by atoms with E-state index in [1.54, 1.807) is 13.1 Å². The van der Waals surface area contributed by atoms with Crippen LogP contribution in [0.1, 0.15) is 54.2 Å². The third-order valence-electron chi connectivity index (χ3n) is 7.00. The number of carbonyl (C=O) groups is 1. The van der Waals surface area contributed by atoms with Gasteiger partial charge in [0.2, 0.25) is 0 Å². The maximum Gasteiger partial charge on any atom is 0.264 e. The van der Waals surface area contributed by atoms with E-state index in [1.807, 2.05) is 53.1 Å². The van der Waals surface area contributed by atoms with Crippen molar-refractivity contribution in [2.75, 3.05) is 17.6 Å². The molecule has 0 unspecified atom stereocenters. The van der Waals surface area contributed by atoms with E-state index in [0.717, 1.165) is 34.1 Å². The summed E-state index contributed by atoms with van der Waals surface area (Å²) in [6.07, 6.45) is 7.38. The first kappa shape index (κ1) is 28.2. The summed E-state index contributed by atoms with van der Waals surface area (Å²) >= 11 is 0. The third kappa shape index (κ3) is 6.10. The Morgan fingerprint density at radius 2 is 1.90 bits per heavy atom. The van der Waals surface area contributed by atoms with Gasteiger partial charge in [0.1, 0.15) is 11.4 Å². The molecule has 40 heavy (non-hydrogen) atoms. The Morgan fingerprint density at radius 3 is 2.55 bits per heavy atom. The number of anilines is 2. The molecule has 1 aliphatic rings. The molecule has 0 saturated heterocycles. The molecule has 1 amide bonds. The average Bonchev–Trinajstić information content (AvgIpc) is 3.58. The van der Waals surface area contributed by atoms with Gasteiger partial charge < -0.3 is 16.8 Å². The molecule has 5 N–H and O–H groups in total. The van der Waals surface area contributed by atoms with Crippen LogP contribution >= 0.6 is 0 Å². The number of nitrogens with one attached hydrogen (secondary N) is 1. The molecule has 2 aromatic carbocycles. The molecule has 1 aliphatic carbocycles. The minimum absolute atomic E-state index is 0.0295. The summed E-state index contributed by atoms with van der Waals surface area (Å²) in [6.45, 7) is 6.15. The quantitative estimate of drug-likeness (QED) is 0.242. The van der Waals surface area contributed by atoms with E-state index in [2.05, 4.69) is 41.8 Å². The molecular formula is C32H36N6O2. The fourth-order valence-electron chi connectivity index (χ4n) is 5.05. The molecule has 1 saturated carbocycles. The van der Waals surface area contributed by atoms with Crippen LogP contribution in [0, 0.1) is 17.8 Å². The molecule has 5 rings (SSSR count). The van der Waals surface area contributed by atoms with Gasteiger partial charge in [0.25, 0.3) is 11.5 Å². The topological polar surface area (TPSA) is 121 Å². The van der Waals surface area contributed by atoms with Gasteiger partial charge in [-0.1, -0.05) is 68.0 Å². The van der Waals surface area contributed by atoms with E-state index in [1.165, 1.54) is 30.4 Å².